The van der Waals surface area contributed by atoms with Crippen molar-refractivity contribution in [2.45, 2.75) is 39.0 Å². The smallest absolute Gasteiger partial charge is 0.407 e. The summed E-state index contributed by atoms with van der Waals surface area (Å²) in [6, 6.07) is 0. The lowest BCUT2D eigenvalue weighted by Gasteiger charge is -2.29. The van der Waals surface area contributed by atoms with Gasteiger partial charge in [0.25, 0.3) is 0 Å². The maximum atomic E-state index is 10.8. The molecule has 0 aromatic carbocycles. The van der Waals surface area contributed by atoms with Crippen molar-refractivity contribution in [1.29, 1.82) is 0 Å². The molecule has 0 atom stereocenters. The number of amides is 1. The normalized spacial score (nSPS) is 16.4. The summed E-state index contributed by atoms with van der Waals surface area (Å²) in [5, 5.41) is 17.8. The van der Waals surface area contributed by atoms with E-state index in [-0.39, 0.29) is 6.61 Å². The summed E-state index contributed by atoms with van der Waals surface area (Å²) in [6.07, 6.45) is 4.32. The second-order valence-corrected chi connectivity index (χ2v) is 5.98. The van der Waals surface area contributed by atoms with Crippen molar-refractivity contribution in [1.82, 2.24) is 9.80 Å². The van der Waals surface area contributed by atoms with E-state index in [0.717, 1.165) is 65.0 Å². The molecular formula is C16H32N2O4. The van der Waals surface area contributed by atoms with Gasteiger partial charge in [-0.2, -0.15) is 0 Å². The Morgan fingerprint density at radius 2 is 1.95 bits per heavy atom. The van der Waals surface area contributed by atoms with Crippen LogP contribution in [0.1, 0.15) is 39.0 Å². The topological polar surface area (TPSA) is 73.2 Å². The molecule has 1 aliphatic heterocycles. The molecule has 1 aliphatic rings. The van der Waals surface area contributed by atoms with Gasteiger partial charge in [-0.25, -0.2) is 4.79 Å². The van der Waals surface area contributed by atoms with Crippen LogP contribution in [0.25, 0.3) is 0 Å². The second-order valence-electron chi connectivity index (χ2n) is 5.98. The number of carbonyl (C=O) groups is 1. The van der Waals surface area contributed by atoms with Gasteiger partial charge in [0.15, 0.2) is 0 Å². The largest absolute Gasteiger partial charge is 0.465 e. The molecule has 0 radical (unpaired) electrons. The number of aliphatic hydroxyl groups excluding tert-OH is 1. The molecule has 0 spiro atoms. The van der Waals surface area contributed by atoms with Crippen LogP contribution in [0.4, 0.5) is 4.79 Å². The predicted octanol–water partition coefficient (Wildman–Crippen LogP) is 1.88. The molecule has 0 saturated carbocycles. The molecule has 6 nitrogen and oxygen atoms in total. The van der Waals surface area contributed by atoms with Crippen LogP contribution >= 0.6 is 0 Å². The number of unbranched alkanes of at least 4 members (excludes halogenated alkanes) is 1. The molecule has 0 unspecified atom stereocenters. The molecule has 22 heavy (non-hydrogen) atoms. The number of likely N-dealkylation sites (tertiary alicyclic amines) is 1. The van der Waals surface area contributed by atoms with E-state index in [9.17, 15) is 4.79 Å². The van der Waals surface area contributed by atoms with Crippen LogP contribution < -0.4 is 0 Å². The number of piperidine rings is 1. The van der Waals surface area contributed by atoms with Gasteiger partial charge in [-0.05, 0) is 51.1 Å². The highest BCUT2D eigenvalue weighted by atomic mass is 16.5. The highest BCUT2D eigenvalue weighted by Gasteiger charge is 2.21. The third-order valence-electron chi connectivity index (χ3n) is 4.43. The highest BCUT2D eigenvalue weighted by molar-refractivity contribution is 5.64. The van der Waals surface area contributed by atoms with E-state index < -0.39 is 6.09 Å². The summed E-state index contributed by atoms with van der Waals surface area (Å²) in [5.74, 6) is 0.607. The van der Waals surface area contributed by atoms with Gasteiger partial charge >= 0.3 is 6.09 Å². The number of hydrogen-bond donors (Lipinski definition) is 2. The van der Waals surface area contributed by atoms with E-state index in [4.69, 9.17) is 14.9 Å². The Bertz CT molecular complexity index is 294. The van der Waals surface area contributed by atoms with Crippen LogP contribution in [0, 0.1) is 5.92 Å². The van der Waals surface area contributed by atoms with Gasteiger partial charge in [0.05, 0.1) is 6.61 Å². The molecule has 130 valence electrons. The first-order valence-corrected chi connectivity index (χ1v) is 8.56. The van der Waals surface area contributed by atoms with Gasteiger partial charge in [0, 0.05) is 32.8 Å². The molecule has 0 aromatic heterocycles. The molecule has 0 aliphatic carbocycles. The van der Waals surface area contributed by atoms with E-state index in [1.807, 2.05) is 0 Å². The zero-order valence-electron chi connectivity index (χ0n) is 13.9. The Balaban J connectivity index is 1.93. The van der Waals surface area contributed by atoms with Crippen LogP contribution in [0.3, 0.4) is 0 Å². The van der Waals surface area contributed by atoms with Gasteiger partial charge < -0.3 is 24.7 Å². The number of aliphatic hydroxyl groups is 1. The molecule has 1 heterocycles. The zero-order chi connectivity index (χ0) is 16.2. The first kappa shape index (κ1) is 19.2. The average Bonchev–Trinajstić information content (AvgIpc) is 2.53. The minimum atomic E-state index is -0.794. The fourth-order valence-corrected chi connectivity index (χ4v) is 2.87. The molecular weight excluding hydrogens is 284 g/mol. The lowest BCUT2D eigenvalue weighted by molar-refractivity contribution is 0.0922. The fourth-order valence-electron chi connectivity index (χ4n) is 2.87. The van der Waals surface area contributed by atoms with Gasteiger partial charge in [0.1, 0.15) is 0 Å². The molecule has 2 N–H and O–H groups in total. The SMILES string of the molecule is CCN(CCO)CCCCOCCC1CCN(C(=O)O)CC1. The Kier molecular flexibility index (Phi) is 10.2. The van der Waals surface area contributed by atoms with Gasteiger partial charge in [-0.3, -0.25) is 0 Å². The van der Waals surface area contributed by atoms with Crippen molar-refractivity contribution in [3.8, 4) is 0 Å². The van der Waals surface area contributed by atoms with Crippen LogP contribution in [0.5, 0.6) is 0 Å². The molecule has 1 amide bonds. The van der Waals surface area contributed by atoms with Crippen molar-refractivity contribution in [3.63, 3.8) is 0 Å². The fraction of sp³-hybridized carbons (Fsp3) is 0.938. The maximum absolute atomic E-state index is 10.8. The van der Waals surface area contributed by atoms with Crippen molar-refractivity contribution in [3.05, 3.63) is 0 Å². The lowest BCUT2D eigenvalue weighted by atomic mass is 9.94. The van der Waals surface area contributed by atoms with Crippen molar-refractivity contribution >= 4 is 6.09 Å². The van der Waals surface area contributed by atoms with Gasteiger partial charge in [0.2, 0.25) is 0 Å². The minimum Gasteiger partial charge on any atom is -0.465 e. The third kappa shape index (κ3) is 7.96. The molecule has 1 fully saturated rings. The van der Waals surface area contributed by atoms with E-state index in [0.29, 0.717) is 19.0 Å². The number of ether oxygens (including phenoxy) is 1. The van der Waals surface area contributed by atoms with Gasteiger partial charge in [-0.1, -0.05) is 6.92 Å². The number of carboxylic acid groups (broad SMARTS) is 1. The first-order valence-electron chi connectivity index (χ1n) is 8.56. The van der Waals surface area contributed by atoms with Crippen LogP contribution in [0.15, 0.2) is 0 Å². The predicted molar refractivity (Wildman–Crippen MR) is 86.2 cm³/mol. The number of likely N-dealkylation sites (N-methyl/N-ethyl adjacent to an activating group) is 1. The Morgan fingerprint density at radius 1 is 1.23 bits per heavy atom. The summed E-state index contributed by atoms with van der Waals surface area (Å²) >= 11 is 0. The molecule has 6 heteroatoms. The van der Waals surface area contributed by atoms with Crippen molar-refractivity contribution < 1.29 is 19.7 Å². The lowest BCUT2D eigenvalue weighted by Crippen LogP contribution is -2.37. The van der Waals surface area contributed by atoms with E-state index in [1.54, 1.807) is 0 Å². The standard InChI is InChI=1S/C16H32N2O4/c1-2-17(11-12-19)8-3-4-13-22-14-7-15-5-9-18(10-6-15)16(20)21/h15,19H,2-14H2,1H3,(H,20,21). The Morgan fingerprint density at radius 3 is 2.55 bits per heavy atom. The summed E-state index contributed by atoms with van der Waals surface area (Å²) < 4.78 is 5.69. The quantitative estimate of drug-likeness (QED) is 0.569. The second kappa shape index (κ2) is 11.7. The summed E-state index contributed by atoms with van der Waals surface area (Å²) in [7, 11) is 0. The van der Waals surface area contributed by atoms with E-state index >= 15 is 0 Å². The number of rotatable bonds is 11. The van der Waals surface area contributed by atoms with E-state index in [1.165, 1.54) is 4.90 Å². The van der Waals surface area contributed by atoms with Crippen molar-refractivity contribution in [2.24, 2.45) is 5.92 Å². The maximum Gasteiger partial charge on any atom is 0.407 e. The molecule has 1 saturated heterocycles. The summed E-state index contributed by atoms with van der Waals surface area (Å²) in [6.45, 7) is 8.01. The minimum absolute atomic E-state index is 0.227. The van der Waals surface area contributed by atoms with Crippen LogP contribution in [0.2, 0.25) is 0 Å². The number of hydrogen-bond acceptors (Lipinski definition) is 4. The zero-order valence-corrected chi connectivity index (χ0v) is 13.9. The first-order chi connectivity index (χ1) is 10.7. The molecule has 0 aromatic rings. The van der Waals surface area contributed by atoms with Crippen LogP contribution in [-0.2, 0) is 4.74 Å². The average molecular weight is 316 g/mol. The van der Waals surface area contributed by atoms with Crippen LogP contribution in [-0.4, -0.2) is 78.7 Å². The summed E-state index contributed by atoms with van der Waals surface area (Å²) in [4.78, 5) is 14.6. The molecule has 0 bridgehead atoms. The van der Waals surface area contributed by atoms with Gasteiger partial charge in [-0.15, -0.1) is 0 Å². The highest BCUT2D eigenvalue weighted by Crippen LogP contribution is 2.20. The third-order valence-corrected chi connectivity index (χ3v) is 4.43. The van der Waals surface area contributed by atoms with E-state index in [2.05, 4.69) is 11.8 Å². The summed E-state index contributed by atoms with van der Waals surface area (Å²) in [5.41, 5.74) is 0. The van der Waals surface area contributed by atoms with Crippen molar-refractivity contribution in [2.75, 3.05) is 52.5 Å². The molecule has 1 rings (SSSR count). The Labute approximate surface area is 134 Å². The number of nitrogens with zero attached hydrogens (tertiary/aromatic N) is 2. The Hall–Kier alpha value is -0.850. The monoisotopic (exact) mass is 316 g/mol.